The van der Waals surface area contributed by atoms with Gasteiger partial charge < -0.3 is 10.2 Å². The number of nitrogens with one attached hydrogen (secondary N) is 1. The SMILES string of the molecule is CCCCNC(=O)C1CCCN(C(=O)c2ccc(C#N)s2)C1. The van der Waals surface area contributed by atoms with E-state index in [2.05, 4.69) is 12.2 Å². The zero-order valence-corrected chi connectivity index (χ0v) is 13.6. The van der Waals surface area contributed by atoms with E-state index in [9.17, 15) is 9.59 Å². The van der Waals surface area contributed by atoms with Crippen molar-refractivity contribution >= 4 is 23.2 Å². The summed E-state index contributed by atoms with van der Waals surface area (Å²) < 4.78 is 0. The van der Waals surface area contributed by atoms with E-state index in [0.717, 1.165) is 25.7 Å². The lowest BCUT2D eigenvalue weighted by Crippen LogP contribution is -2.45. The summed E-state index contributed by atoms with van der Waals surface area (Å²) in [6.07, 6.45) is 3.70. The van der Waals surface area contributed by atoms with Crippen molar-refractivity contribution in [3.8, 4) is 6.07 Å². The fraction of sp³-hybridized carbons (Fsp3) is 0.562. The number of likely N-dealkylation sites (tertiary alicyclic amines) is 1. The number of hydrogen-bond donors (Lipinski definition) is 1. The molecule has 1 aliphatic rings. The van der Waals surface area contributed by atoms with Gasteiger partial charge in [0.25, 0.3) is 5.91 Å². The van der Waals surface area contributed by atoms with Crippen LogP contribution in [0.1, 0.15) is 47.2 Å². The quantitative estimate of drug-likeness (QED) is 0.847. The molecule has 0 bridgehead atoms. The maximum atomic E-state index is 12.5. The molecule has 0 spiro atoms. The minimum absolute atomic E-state index is 0.0508. The lowest BCUT2D eigenvalue weighted by molar-refractivity contribution is -0.126. The second kappa shape index (κ2) is 7.95. The third-order valence-electron chi connectivity index (χ3n) is 3.84. The third-order valence-corrected chi connectivity index (χ3v) is 4.81. The summed E-state index contributed by atoms with van der Waals surface area (Å²) in [5.41, 5.74) is 0. The Morgan fingerprint density at radius 2 is 2.32 bits per heavy atom. The Morgan fingerprint density at radius 1 is 1.50 bits per heavy atom. The van der Waals surface area contributed by atoms with Gasteiger partial charge in [0.1, 0.15) is 10.9 Å². The molecule has 118 valence electrons. The Kier molecular flexibility index (Phi) is 5.96. The van der Waals surface area contributed by atoms with Crippen molar-refractivity contribution in [1.82, 2.24) is 10.2 Å². The third kappa shape index (κ3) is 4.08. The lowest BCUT2D eigenvalue weighted by atomic mass is 9.97. The van der Waals surface area contributed by atoms with Gasteiger partial charge in [-0.2, -0.15) is 5.26 Å². The molecular weight excluding hydrogens is 298 g/mol. The molecule has 1 unspecified atom stereocenters. The predicted molar refractivity (Wildman–Crippen MR) is 85.6 cm³/mol. The highest BCUT2D eigenvalue weighted by Gasteiger charge is 2.29. The van der Waals surface area contributed by atoms with Crippen molar-refractivity contribution in [1.29, 1.82) is 5.26 Å². The van der Waals surface area contributed by atoms with Gasteiger partial charge in [0.2, 0.25) is 5.91 Å². The van der Waals surface area contributed by atoms with Gasteiger partial charge in [-0.1, -0.05) is 13.3 Å². The molecule has 6 heteroatoms. The van der Waals surface area contributed by atoms with Crippen LogP contribution in [0.2, 0.25) is 0 Å². The Morgan fingerprint density at radius 3 is 3.00 bits per heavy atom. The average Bonchev–Trinajstić information content (AvgIpc) is 3.03. The molecule has 1 aromatic heterocycles. The van der Waals surface area contributed by atoms with Crippen molar-refractivity contribution in [2.24, 2.45) is 5.92 Å². The molecule has 2 rings (SSSR count). The first-order chi connectivity index (χ1) is 10.7. The van der Waals surface area contributed by atoms with Gasteiger partial charge >= 0.3 is 0 Å². The molecule has 2 amide bonds. The predicted octanol–water partition coefficient (Wildman–Crippen LogP) is 2.39. The summed E-state index contributed by atoms with van der Waals surface area (Å²) in [6, 6.07) is 5.40. The summed E-state index contributed by atoms with van der Waals surface area (Å²) in [5, 5.41) is 11.8. The first-order valence-electron chi connectivity index (χ1n) is 7.72. The summed E-state index contributed by atoms with van der Waals surface area (Å²) in [7, 11) is 0. The van der Waals surface area contributed by atoms with E-state index in [1.165, 1.54) is 11.3 Å². The molecule has 1 atom stereocenters. The highest BCUT2D eigenvalue weighted by atomic mass is 32.1. The topological polar surface area (TPSA) is 73.2 Å². The van der Waals surface area contributed by atoms with Crippen LogP contribution in [0.15, 0.2) is 12.1 Å². The van der Waals surface area contributed by atoms with E-state index < -0.39 is 0 Å². The molecule has 1 aliphatic heterocycles. The van der Waals surface area contributed by atoms with Crippen LogP contribution in [0, 0.1) is 17.2 Å². The number of hydrogen-bond acceptors (Lipinski definition) is 4. The number of nitriles is 1. The van der Waals surface area contributed by atoms with Crippen molar-refractivity contribution in [3.63, 3.8) is 0 Å². The van der Waals surface area contributed by atoms with Crippen LogP contribution in [0.5, 0.6) is 0 Å². The Labute approximate surface area is 134 Å². The van der Waals surface area contributed by atoms with Crippen molar-refractivity contribution < 1.29 is 9.59 Å². The monoisotopic (exact) mass is 319 g/mol. The largest absolute Gasteiger partial charge is 0.356 e. The van der Waals surface area contributed by atoms with E-state index in [0.29, 0.717) is 29.4 Å². The molecule has 5 nitrogen and oxygen atoms in total. The first kappa shape index (κ1) is 16.5. The molecule has 1 aromatic rings. The van der Waals surface area contributed by atoms with E-state index in [4.69, 9.17) is 5.26 Å². The summed E-state index contributed by atoms with van der Waals surface area (Å²) >= 11 is 1.21. The van der Waals surface area contributed by atoms with Crippen LogP contribution in [-0.4, -0.2) is 36.3 Å². The molecule has 0 aromatic carbocycles. The molecule has 0 aliphatic carbocycles. The fourth-order valence-electron chi connectivity index (χ4n) is 2.58. The van der Waals surface area contributed by atoms with Crippen molar-refractivity contribution in [2.75, 3.05) is 19.6 Å². The second-order valence-corrected chi connectivity index (χ2v) is 6.59. The number of carbonyl (C=O) groups is 2. The van der Waals surface area contributed by atoms with Crippen LogP contribution < -0.4 is 5.32 Å². The van der Waals surface area contributed by atoms with Gasteiger partial charge in [0, 0.05) is 19.6 Å². The van der Waals surface area contributed by atoms with E-state index in [1.54, 1.807) is 17.0 Å². The zero-order valence-electron chi connectivity index (χ0n) is 12.8. The average molecular weight is 319 g/mol. The molecule has 1 N–H and O–H groups in total. The number of thiophene rings is 1. The molecule has 2 heterocycles. The van der Waals surface area contributed by atoms with E-state index in [1.807, 2.05) is 6.07 Å². The number of unbranched alkanes of at least 4 members (excludes halogenated alkanes) is 1. The van der Waals surface area contributed by atoms with Gasteiger partial charge in [-0.05, 0) is 31.4 Å². The highest BCUT2D eigenvalue weighted by Crippen LogP contribution is 2.22. The lowest BCUT2D eigenvalue weighted by Gasteiger charge is -2.31. The zero-order chi connectivity index (χ0) is 15.9. The summed E-state index contributed by atoms with van der Waals surface area (Å²) in [6.45, 7) is 3.94. The second-order valence-electron chi connectivity index (χ2n) is 5.51. The number of carbonyl (C=O) groups excluding carboxylic acids is 2. The van der Waals surface area contributed by atoms with Crippen LogP contribution in [0.4, 0.5) is 0 Å². The Bertz CT molecular complexity index is 576. The maximum absolute atomic E-state index is 12.5. The fourth-order valence-corrected chi connectivity index (χ4v) is 3.35. The van der Waals surface area contributed by atoms with Gasteiger partial charge in [-0.3, -0.25) is 9.59 Å². The van der Waals surface area contributed by atoms with Crippen LogP contribution in [-0.2, 0) is 4.79 Å². The van der Waals surface area contributed by atoms with Gasteiger partial charge in [-0.15, -0.1) is 11.3 Å². The minimum atomic E-state index is -0.120. The minimum Gasteiger partial charge on any atom is -0.356 e. The number of rotatable bonds is 5. The van der Waals surface area contributed by atoms with Gasteiger partial charge in [0.15, 0.2) is 0 Å². The smallest absolute Gasteiger partial charge is 0.263 e. The summed E-state index contributed by atoms with van der Waals surface area (Å²) in [4.78, 5) is 27.4. The Hall–Kier alpha value is -1.87. The molecule has 1 fully saturated rings. The maximum Gasteiger partial charge on any atom is 0.263 e. The first-order valence-corrected chi connectivity index (χ1v) is 8.54. The number of amides is 2. The number of piperidine rings is 1. The molecule has 22 heavy (non-hydrogen) atoms. The molecule has 0 radical (unpaired) electrons. The standard InChI is InChI=1S/C16H21N3O2S/c1-2-3-8-18-15(20)12-5-4-9-19(11-12)16(21)14-7-6-13(10-17)22-14/h6-7,12H,2-5,8-9,11H2,1H3,(H,18,20). The van der Waals surface area contributed by atoms with E-state index >= 15 is 0 Å². The van der Waals surface area contributed by atoms with Crippen LogP contribution in [0.3, 0.4) is 0 Å². The number of nitrogens with zero attached hydrogens (tertiary/aromatic N) is 2. The van der Waals surface area contributed by atoms with Gasteiger partial charge in [0.05, 0.1) is 10.8 Å². The van der Waals surface area contributed by atoms with Crippen molar-refractivity contribution in [2.45, 2.75) is 32.6 Å². The van der Waals surface area contributed by atoms with Crippen LogP contribution in [0.25, 0.3) is 0 Å². The van der Waals surface area contributed by atoms with Crippen LogP contribution >= 0.6 is 11.3 Å². The molecule has 0 saturated carbocycles. The van der Waals surface area contributed by atoms with Gasteiger partial charge in [-0.25, -0.2) is 0 Å². The normalized spacial score (nSPS) is 17.8. The molecular formula is C16H21N3O2S. The Balaban J connectivity index is 1.93. The highest BCUT2D eigenvalue weighted by molar-refractivity contribution is 7.14. The molecule has 1 saturated heterocycles. The van der Waals surface area contributed by atoms with E-state index in [-0.39, 0.29) is 17.7 Å². The summed E-state index contributed by atoms with van der Waals surface area (Å²) in [5.74, 6) is -0.141. The van der Waals surface area contributed by atoms with Crippen molar-refractivity contribution in [3.05, 3.63) is 21.9 Å².